The van der Waals surface area contributed by atoms with Crippen molar-refractivity contribution in [3.05, 3.63) is 95.6 Å². The maximum Gasteiger partial charge on any atom is 0.335 e. The molecule has 0 atom stereocenters. The molecule has 30 heavy (non-hydrogen) atoms. The van der Waals surface area contributed by atoms with Crippen molar-refractivity contribution in [3.63, 3.8) is 0 Å². The van der Waals surface area contributed by atoms with Crippen molar-refractivity contribution in [1.29, 1.82) is 0 Å². The van der Waals surface area contributed by atoms with Crippen LogP contribution in [0, 0.1) is 0 Å². The van der Waals surface area contributed by atoms with Gasteiger partial charge in [0, 0.05) is 0 Å². The van der Waals surface area contributed by atoms with Crippen LogP contribution in [0.3, 0.4) is 0 Å². The minimum Gasteiger partial charge on any atom is -0.478 e. The van der Waals surface area contributed by atoms with E-state index in [-0.39, 0.29) is 4.90 Å². The van der Waals surface area contributed by atoms with Gasteiger partial charge in [-0.1, -0.05) is 61.0 Å². The van der Waals surface area contributed by atoms with Gasteiger partial charge in [-0.2, -0.15) is 0 Å². The summed E-state index contributed by atoms with van der Waals surface area (Å²) in [4.78, 5) is 11.5. The molecule has 0 aliphatic rings. The second-order valence-electron chi connectivity index (χ2n) is 7.10. The lowest BCUT2D eigenvalue weighted by Gasteiger charge is -2.13. The lowest BCUT2D eigenvalue weighted by atomic mass is 9.99. The minimum atomic E-state index is -3.63. The molecule has 0 heterocycles. The zero-order valence-electron chi connectivity index (χ0n) is 16.6. The highest BCUT2D eigenvalue weighted by Gasteiger charge is 2.15. The Morgan fingerprint density at radius 1 is 0.733 bits per heavy atom. The van der Waals surface area contributed by atoms with Gasteiger partial charge in [-0.3, -0.25) is 4.72 Å². The molecule has 3 rings (SSSR count). The smallest absolute Gasteiger partial charge is 0.335 e. The normalized spacial score (nSPS) is 11.2. The monoisotopic (exact) mass is 423 g/mol. The van der Waals surface area contributed by atoms with Crippen LogP contribution in [-0.4, -0.2) is 19.5 Å². The summed E-state index contributed by atoms with van der Waals surface area (Å²) in [7, 11) is -3.63. The van der Waals surface area contributed by atoms with Crippen LogP contribution >= 0.6 is 0 Å². The molecule has 6 heteroatoms. The molecule has 3 aromatic rings. The maximum atomic E-state index is 12.6. The number of aryl methyl sites for hydroxylation is 2. The Morgan fingerprint density at radius 2 is 1.30 bits per heavy atom. The third-order valence-corrected chi connectivity index (χ3v) is 6.34. The van der Waals surface area contributed by atoms with Crippen LogP contribution in [0.2, 0.25) is 0 Å². The number of carboxylic acids is 1. The number of nitrogens with one attached hydrogen (secondary N) is 1. The van der Waals surface area contributed by atoms with Gasteiger partial charge in [-0.05, 0) is 61.1 Å². The molecule has 0 unspecified atom stereocenters. The Kier molecular flexibility index (Phi) is 7.25. The molecule has 0 spiro atoms. The third kappa shape index (κ3) is 5.70. The predicted molar refractivity (Wildman–Crippen MR) is 118 cm³/mol. The lowest BCUT2D eigenvalue weighted by molar-refractivity contribution is 0.0695. The number of para-hydroxylation sites is 1. The number of hydrogen-bond donors (Lipinski definition) is 2. The van der Waals surface area contributed by atoms with Gasteiger partial charge in [0.1, 0.15) is 0 Å². The Morgan fingerprint density at radius 3 is 2.00 bits per heavy atom. The molecular formula is C24H25NO4S. The van der Waals surface area contributed by atoms with E-state index in [1.807, 2.05) is 30.3 Å². The highest BCUT2D eigenvalue weighted by atomic mass is 32.2. The molecule has 0 saturated heterocycles. The third-order valence-electron chi connectivity index (χ3n) is 4.96. The number of unbranched alkanes of at least 4 members (excludes halogenated alkanes) is 2. The van der Waals surface area contributed by atoms with Crippen molar-refractivity contribution >= 4 is 21.7 Å². The van der Waals surface area contributed by atoms with E-state index in [1.165, 1.54) is 0 Å². The van der Waals surface area contributed by atoms with Crippen molar-refractivity contribution in [1.82, 2.24) is 0 Å². The van der Waals surface area contributed by atoms with Crippen molar-refractivity contribution in [3.8, 4) is 0 Å². The molecule has 156 valence electrons. The summed E-state index contributed by atoms with van der Waals surface area (Å²) in [6.45, 7) is 0. The Labute approximate surface area is 177 Å². The predicted octanol–water partition coefficient (Wildman–Crippen LogP) is 5.14. The number of sulfonamides is 1. The molecule has 0 bridgehead atoms. The summed E-state index contributed by atoms with van der Waals surface area (Å²) in [5, 5.41) is 9.27. The number of anilines is 1. The molecule has 0 fully saturated rings. The fraction of sp³-hybridized carbons (Fsp3) is 0.208. The maximum absolute atomic E-state index is 12.6. The first-order valence-corrected chi connectivity index (χ1v) is 11.4. The number of carboxylic acid groups (broad SMARTS) is 1. The minimum absolute atomic E-state index is 0.233. The molecule has 3 aromatic carbocycles. The largest absolute Gasteiger partial charge is 0.478 e. The summed E-state index contributed by atoms with van der Waals surface area (Å²) in [6.07, 6.45) is 4.15. The number of aromatic carboxylic acids is 1. The van der Waals surface area contributed by atoms with Crippen molar-refractivity contribution in [2.24, 2.45) is 0 Å². The van der Waals surface area contributed by atoms with E-state index < -0.39 is 16.0 Å². The summed E-state index contributed by atoms with van der Waals surface area (Å²) < 4.78 is 27.9. The SMILES string of the molecule is O=C(O)c1ccccc1CCCCCc1ccccc1NS(=O)(=O)c1ccccc1. The van der Waals surface area contributed by atoms with E-state index in [4.69, 9.17) is 0 Å². The van der Waals surface area contributed by atoms with Gasteiger partial charge in [-0.15, -0.1) is 0 Å². The van der Waals surface area contributed by atoms with Crippen LogP contribution < -0.4 is 4.72 Å². The zero-order valence-corrected chi connectivity index (χ0v) is 17.4. The number of rotatable bonds is 10. The van der Waals surface area contributed by atoms with Gasteiger partial charge in [-0.25, -0.2) is 13.2 Å². The summed E-state index contributed by atoms with van der Waals surface area (Å²) in [5.41, 5.74) is 2.75. The standard InChI is InChI=1S/C24H25NO4S/c26-24(27)22-17-9-7-12-19(22)11-3-1-4-13-20-14-8-10-18-23(20)25-30(28,29)21-15-5-2-6-16-21/h2,5-10,12,14-18,25H,1,3-4,11,13H2,(H,26,27). The quantitative estimate of drug-likeness (QED) is 0.442. The van der Waals surface area contributed by atoms with Crippen LogP contribution in [0.4, 0.5) is 5.69 Å². The summed E-state index contributed by atoms with van der Waals surface area (Å²) in [5.74, 6) is -0.898. The summed E-state index contributed by atoms with van der Waals surface area (Å²) >= 11 is 0. The van der Waals surface area contributed by atoms with Crippen molar-refractivity contribution < 1.29 is 18.3 Å². The van der Waals surface area contributed by atoms with Crippen LogP contribution in [0.5, 0.6) is 0 Å². The van der Waals surface area contributed by atoms with Gasteiger partial charge in [0.2, 0.25) is 0 Å². The molecule has 0 amide bonds. The first-order chi connectivity index (χ1) is 14.5. The highest BCUT2D eigenvalue weighted by Crippen LogP contribution is 2.22. The number of benzene rings is 3. The first-order valence-electron chi connectivity index (χ1n) is 9.94. The Hall–Kier alpha value is -3.12. The molecule has 0 aromatic heterocycles. The van der Waals surface area contributed by atoms with Crippen molar-refractivity contribution in [2.45, 2.75) is 37.0 Å². The summed E-state index contributed by atoms with van der Waals surface area (Å²) in [6, 6.07) is 22.8. The van der Waals surface area contributed by atoms with E-state index >= 15 is 0 Å². The Balaban J connectivity index is 1.57. The van der Waals surface area contributed by atoms with Gasteiger partial charge in [0.25, 0.3) is 10.0 Å². The van der Waals surface area contributed by atoms with Gasteiger partial charge in [0.05, 0.1) is 16.1 Å². The molecule has 0 saturated carbocycles. The second-order valence-corrected chi connectivity index (χ2v) is 8.78. The Bertz CT molecular complexity index is 1090. The fourth-order valence-electron chi connectivity index (χ4n) is 3.40. The van der Waals surface area contributed by atoms with Gasteiger partial charge < -0.3 is 5.11 Å². The first kappa shape index (κ1) is 21.6. The topological polar surface area (TPSA) is 83.5 Å². The van der Waals surface area contributed by atoms with Crippen LogP contribution in [0.15, 0.2) is 83.8 Å². The van der Waals surface area contributed by atoms with E-state index in [0.29, 0.717) is 17.7 Å². The van der Waals surface area contributed by atoms with E-state index in [2.05, 4.69) is 4.72 Å². The molecular weight excluding hydrogens is 398 g/mol. The second kappa shape index (κ2) is 10.1. The van der Waals surface area contributed by atoms with Crippen LogP contribution in [0.1, 0.15) is 40.7 Å². The van der Waals surface area contributed by atoms with Gasteiger partial charge in [0.15, 0.2) is 0 Å². The average Bonchev–Trinajstić information content (AvgIpc) is 2.75. The van der Waals surface area contributed by atoms with E-state index in [1.54, 1.807) is 48.5 Å². The molecule has 2 N–H and O–H groups in total. The molecule has 0 aliphatic carbocycles. The van der Waals surface area contributed by atoms with E-state index in [9.17, 15) is 18.3 Å². The zero-order chi connectivity index (χ0) is 21.4. The number of hydrogen-bond acceptors (Lipinski definition) is 3. The van der Waals surface area contributed by atoms with E-state index in [0.717, 1.165) is 36.8 Å². The molecule has 0 aliphatic heterocycles. The van der Waals surface area contributed by atoms with Gasteiger partial charge >= 0.3 is 5.97 Å². The number of carbonyl (C=O) groups is 1. The van der Waals surface area contributed by atoms with Crippen LogP contribution in [-0.2, 0) is 22.9 Å². The molecule has 0 radical (unpaired) electrons. The molecule has 5 nitrogen and oxygen atoms in total. The lowest BCUT2D eigenvalue weighted by Crippen LogP contribution is -2.14. The average molecular weight is 424 g/mol. The highest BCUT2D eigenvalue weighted by molar-refractivity contribution is 7.92. The van der Waals surface area contributed by atoms with Crippen molar-refractivity contribution in [2.75, 3.05) is 4.72 Å². The van der Waals surface area contributed by atoms with Crippen LogP contribution in [0.25, 0.3) is 0 Å². The fourth-order valence-corrected chi connectivity index (χ4v) is 4.52.